The second-order valence-corrected chi connectivity index (χ2v) is 2.56. The van der Waals surface area contributed by atoms with Gasteiger partial charge in [0.1, 0.15) is 0 Å². The molecule has 0 fully saturated rings. The maximum Gasteiger partial charge on any atom is 0.316 e. The zero-order valence-corrected chi connectivity index (χ0v) is 7.36. The van der Waals surface area contributed by atoms with Crippen molar-refractivity contribution in [2.24, 2.45) is 5.92 Å². The van der Waals surface area contributed by atoms with Crippen LogP contribution in [-0.4, -0.2) is 24.5 Å². The Morgan fingerprint density at radius 3 is 2.50 bits per heavy atom. The molecule has 1 heterocycles. The lowest BCUT2D eigenvalue weighted by Crippen LogP contribution is -2.18. The largest absolute Gasteiger partial charge is 0.468 e. The minimum absolute atomic E-state index is 0.210. The third-order valence-corrected chi connectivity index (χ3v) is 1.81. The molecule has 12 heavy (non-hydrogen) atoms. The van der Waals surface area contributed by atoms with Crippen LogP contribution in [0.3, 0.4) is 0 Å². The average Bonchev–Trinajstić information content (AvgIpc) is 2.17. The van der Waals surface area contributed by atoms with Gasteiger partial charge in [-0.3, -0.25) is 4.79 Å². The molecule has 0 bridgehead atoms. The third kappa shape index (κ3) is 1.87. The number of rotatable bonds is 2. The van der Waals surface area contributed by atoms with Gasteiger partial charge in [0.25, 0.3) is 0 Å². The summed E-state index contributed by atoms with van der Waals surface area (Å²) in [5, 5.41) is 0. The molecule has 0 atom stereocenters. The summed E-state index contributed by atoms with van der Waals surface area (Å²) in [7, 11) is 1.40. The van der Waals surface area contributed by atoms with E-state index in [1.807, 2.05) is 36.4 Å². The van der Waals surface area contributed by atoms with E-state index >= 15 is 0 Å². The van der Waals surface area contributed by atoms with Gasteiger partial charge in [-0.1, -0.05) is 12.2 Å². The summed E-state index contributed by atoms with van der Waals surface area (Å²) in [6.07, 6.45) is 7.44. The number of hydrogen-bond acceptors (Lipinski definition) is 3. The van der Waals surface area contributed by atoms with Gasteiger partial charge in [0, 0.05) is 18.9 Å². The highest BCUT2D eigenvalue weighted by Gasteiger charge is 2.14. The number of hydrogen-bond donors (Lipinski definition) is 0. The Kier molecular flexibility index (Phi) is 2.91. The number of esters is 1. The monoisotopic (exact) mass is 167 g/mol. The molecule has 3 nitrogen and oxygen atoms in total. The Labute approximate surface area is 72.3 Å². The molecule has 3 heteroatoms. The Balaban J connectivity index is 2.54. The Bertz CT molecular complexity index is 207. The zero-order chi connectivity index (χ0) is 8.97. The molecule has 0 saturated heterocycles. The van der Waals surface area contributed by atoms with Crippen LogP contribution in [0.4, 0.5) is 0 Å². The fourth-order valence-corrected chi connectivity index (χ4v) is 1.02. The van der Waals surface area contributed by atoms with Gasteiger partial charge < -0.3 is 9.64 Å². The van der Waals surface area contributed by atoms with Gasteiger partial charge in [-0.05, 0) is 6.92 Å². The lowest BCUT2D eigenvalue weighted by atomic mass is 10.1. The maximum absolute atomic E-state index is 11.0. The van der Waals surface area contributed by atoms with E-state index in [4.69, 9.17) is 0 Å². The van der Waals surface area contributed by atoms with Crippen molar-refractivity contribution in [2.45, 2.75) is 6.92 Å². The van der Waals surface area contributed by atoms with E-state index in [1.54, 1.807) is 0 Å². The highest BCUT2D eigenvalue weighted by molar-refractivity contribution is 5.76. The van der Waals surface area contributed by atoms with Crippen LogP contribution < -0.4 is 0 Å². The topological polar surface area (TPSA) is 29.5 Å². The van der Waals surface area contributed by atoms with Crippen LogP contribution in [0.5, 0.6) is 0 Å². The molecule has 0 unspecified atom stereocenters. The Morgan fingerprint density at radius 1 is 1.50 bits per heavy atom. The summed E-state index contributed by atoms with van der Waals surface area (Å²) < 4.78 is 4.60. The molecule has 0 aromatic rings. The smallest absolute Gasteiger partial charge is 0.316 e. The zero-order valence-electron chi connectivity index (χ0n) is 7.36. The quantitative estimate of drug-likeness (QED) is 0.577. The van der Waals surface area contributed by atoms with Gasteiger partial charge in [-0.2, -0.15) is 0 Å². The molecule has 0 aliphatic carbocycles. The molecule has 0 saturated carbocycles. The van der Waals surface area contributed by atoms with Crippen molar-refractivity contribution in [3.8, 4) is 0 Å². The molecule has 66 valence electrons. The van der Waals surface area contributed by atoms with Crippen LogP contribution in [-0.2, 0) is 9.53 Å². The minimum Gasteiger partial charge on any atom is -0.468 e. The van der Waals surface area contributed by atoms with Gasteiger partial charge in [0.05, 0.1) is 13.0 Å². The number of methoxy groups -OCH3 is 1. The first-order chi connectivity index (χ1) is 5.77. The van der Waals surface area contributed by atoms with Crippen LogP contribution in [0.1, 0.15) is 6.92 Å². The van der Waals surface area contributed by atoms with Crippen LogP contribution in [0.25, 0.3) is 0 Å². The highest BCUT2D eigenvalue weighted by atomic mass is 16.5. The average molecular weight is 167 g/mol. The number of nitrogens with zero attached hydrogens (tertiary/aromatic N) is 1. The molecular formula is C9H13NO2. The van der Waals surface area contributed by atoms with Crippen molar-refractivity contribution >= 4 is 5.97 Å². The van der Waals surface area contributed by atoms with Crippen molar-refractivity contribution in [3.63, 3.8) is 0 Å². The van der Waals surface area contributed by atoms with Crippen molar-refractivity contribution in [1.82, 2.24) is 4.90 Å². The first-order valence-electron chi connectivity index (χ1n) is 3.98. The molecular weight excluding hydrogens is 154 g/mol. The van der Waals surface area contributed by atoms with Gasteiger partial charge >= 0.3 is 5.97 Å². The van der Waals surface area contributed by atoms with E-state index in [0.29, 0.717) is 0 Å². The van der Waals surface area contributed by atoms with Crippen LogP contribution in [0, 0.1) is 5.92 Å². The van der Waals surface area contributed by atoms with E-state index in [9.17, 15) is 4.79 Å². The van der Waals surface area contributed by atoms with Gasteiger partial charge in [-0.15, -0.1) is 0 Å². The van der Waals surface area contributed by atoms with E-state index in [2.05, 4.69) is 4.74 Å². The molecule has 0 spiro atoms. The van der Waals surface area contributed by atoms with E-state index in [-0.39, 0.29) is 11.9 Å². The lowest BCUT2D eigenvalue weighted by Gasteiger charge is -2.18. The standard InChI is InChI=1S/C9H13NO2/c1-3-10-6-4-8(5-7-10)9(11)12-2/h4-8H,3H2,1-2H3. The maximum atomic E-state index is 11.0. The summed E-state index contributed by atoms with van der Waals surface area (Å²) >= 11 is 0. The minimum atomic E-state index is -0.210. The molecule has 0 radical (unpaired) electrons. The second-order valence-electron chi connectivity index (χ2n) is 2.56. The summed E-state index contributed by atoms with van der Waals surface area (Å²) in [6.45, 7) is 2.97. The SMILES string of the molecule is CCN1C=CC(C(=O)OC)C=C1. The van der Waals surface area contributed by atoms with Gasteiger partial charge in [-0.25, -0.2) is 0 Å². The fraction of sp³-hybridized carbons (Fsp3) is 0.444. The van der Waals surface area contributed by atoms with Crippen molar-refractivity contribution < 1.29 is 9.53 Å². The number of carbonyl (C=O) groups is 1. The highest BCUT2D eigenvalue weighted by Crippen LogP contribution is 2.10. The summed E-state index contributed by atoms with van der Waals surface area (Å²) in [4.78, 5) is 13.0. The molecule has 1 rings (SSSR count). The van der Waals surface area contributed by atoms with Crippen LogP contribution in [0.15, 0.2) is 24.6 Å². The van der Waals surface area contributed by atoms with Crippen molar-refractivity contribution in [1.29, 1.82) is 0 Å². The van der Waals surface area contributed by atoms with Crippen molar-refractivity contribution in [3.05, 3.63) is 24.6 Å². The molecule has 0 aromatic carbocycles. The molecule has 0 N–H and O–H groups in total. The fourth-order valence-electron chi connectivity index (χ4n) is 1.02. The first kappa shape index (κ1) is 8.84. The van der Waals surface area contributed by atoms with Crippen LogP contribution >= 0.6 is 0 Å². The normalized spacial score (nSPS) is 16.7. The Hall–Kier alpha value is -1.25. The van der Waals surface area contributed by atoms with Gasteiger partial charge in [0.2, 0.25) is 0 Å². The predicted molar refractivity (Wildman–Crippen MR) is 46.2 cm³/mol. The predicted octanol–water partition coefficient (Wildman–Crippen LogP) is 1.14. The summed E-state index contributed by atoms with van der Waals surface area (Å²) in [6, 6.07) is 0. The number of ether oxygens (including phenoxy) is 1. The lowest BCUT2D eigenvalue weighted by molar-refractivity contribution is -0.142. The molecule has 1 aliphatic heterocycles. The molecule has 0 amide bonds. The summed E-state index contributed by atoms with van der Waals surface area (Å²) in [5.74, 6) is -0.420. The molecule has 0 aromatic heterocycles. The molecule has 1 aliphatic rings. The van der Waals surface area contributed by atoms with Crippen molar-refractivity contribution in [2.75, 3.05) is 13.7 Å². The van der Waals surface area contributed by atoms with E-state index in [0.717, 1.165) is 6.54 Å². The van der Waals surface area contributed by atoms with Gasteiger partial charge in [0.15, 0.2) is 0 Å². The second kappa shape index (κ2) is 3.95. The number of carbonyl (C=O) groups excluding carboxylic acids is 1. The first-order valence-corrected chi connectivity index (χ1v) is 3.98. The summed E-state index contributed by atoms with van der Waals surface area (Å²) in [5.41, 5.74) is 0. The van der Waals surface area contributed by atoms with E-state index in [1.165, 1.54) is 7.11 Å². The van der Waals surface area contributed by atoms with E-state index < -0.39 is 0 Å². The Morgan fingerprint density at radius 2 is 2.08 bits per heavy atom. The van der Waals surface area contributed by atoms with Crippen LogP contribution in [0.2, 0.25) is 0 Å². The third-order valence-electron chi connectivity index (χ3n) is 1.81.